The maximum Gasteiger partial charge on any atom is 0.321 e. The molecule has 0 bridgehead atoms. The Morgan fingerprint density at radius 1 is 1.33 bits per heavy atom. The van der Waals surface area contributed by atoms with Gasteiger partial charge in [0.25, 0.3) is 0 Å². The zero-order valence-corrected chi connectivity index (χ0v) is 10.4. The molecule has 88 valence electrons. The molecular weight excluding hydrogens is 214 g/mol. The first kappa shape index (κ1) is 14.2. The smallest absolute Gasteiger partial charge is 0.321 e. The molecule has 6 heteroatoms. The molecule has 0 aliphatic carbocycles. The van der Waals surface area contributed by atoms with Crippen LogP contribution in [0.1, 0.15) is 13.8 Å². The van der Waals surface area contributed by atoms with Crippen LogP contribution >= 0.6 is 11.8 Å². The monoisotopic (exact) mass is 233 g/mol. The van der Waals surface area contributed by atoms with Crippen molar-refractivity contribution in [2.75, 3.05) is 19.1 Å². The molecule has 0 fully saturated rings. The highest BCUT2D eigenvalue weighted by molar-refractivity contribution is 7.98. The highest BCUT2D eigenvalue weighted by Gasteiger charge is 2.16. The van der Waals surface area contributed by atoms with E-state index in [1.165, 1.54) is 7.05 Å². The van der Waals surface area contributed by atoms with Gasteiger partial charge in [0.15, 0.2) is 0 Å². The second-order valence-corrected chi connectivity index (χ2v) is 4.22. The molecule has 0 aromatic carbocycles. The zero-order valence-electron chi connectivity index (χ0n) is 9.59. The second-order valence-electron chi connectivity index (χ2n) is 3.31. The van der Waals surface area contributed by atoms with Crippen LogP contribution in [0.25, 0.3) is 0 Å². The standard InChI is InChI=1S/C9H19N3O2S/c1-6(5-15-4)11-7(2)8(13)12-9(14)10-3/h6-7,11H,5H2,1-4H3,(H2,10,12,13,14). The SMILES string of the molecule is CNC(=O)NC(=O)C(C)NC(C)CSC. The Labute approximate surface area is 94.8 Å². The number of carbonyl (C=O) groups is 2. The van der Waals surface area contributed by atoms with Gasteiger partial charge in [0.05, 0.1) is 6.04 Å². The van der Waals surface area contributed by atoms with Crippen molar-refractivity contribution in [2.45, 2.75) is 25.9 Å². The van der Waals surface area contributed by atoms with Crippen molar-refractivity contribution in [1.29, 1.82) is 0 Å². The molecule has 2 unspecified atom stereocenters. The molecule has 0 aromatic rings. The van der Waals surface area contributed by atoms with Gasteiger partial charge in [-0.25, -0.2) is 4.79 Å². The zero-order chi connectivity index (χ0) is 11.8. The first-order valence-corrected chi connectivity index (χ1v) is 6.18. The van der Waals surface area contributed by atoms with Crippen molar-refractivity contribution >= 4 is 23.7 Å². The predicted molar refractivity (Wildman–Crippen MR) is 63.0 cm³/mol. The summed E-state index contributed by atoms with van der Waals surface area (Å²) in [6.07, 6.45) is 2.01. The quantitative estimate of drug-likeness (QED) is 0.633. The van der Waals surface area contributed by atoms with Gasteiger partial charge in [-0.2, -0.15) is 11.8 Å². The van der Waals surface area contributed by atoms with Crippen LogP contribution in [0.3, 0.4) is 0 Å². The molecule has 2 atom stereocenters. The fourth-order valence-corrected chi connectivity index (χ4v) is 1.68. The number of carbonyl (C=O) groups excluding carboxylic acids is 2. The fourth-order valence-electron chi connectivity index (χ4n) is 1.08. The van der Waals surface area contributed by atoms with Crippen molar-refractivity contribution in [1.82, 2.24) is 16.0 Å². The first-order chi connectivity index (χ1) is 7.01. The lowest BCUT2D eigenvalue weighted by molar-refractivity contribution is -0.121. The van der Waals surface area contributed by atoms with Crippen molar-refractivity contribution in [3.63, 3.8) is 0 Å². The molecule has 0 aromatic heterocycles. The third kappa shape index (κ3) is 6.35. The van der Waals surface area contributed by atoms with E-state index in [0.29, 0.717) is 0 Å². The van der Waals surface area contributed by atoms with E-state index in [-0.39, 0.29) is 18.0 Å². The summed E-state index contributed by atoms with van der Waals surface area (Å²) in [5, 5.41) is 7.64. The van der Waals surface area contributed by atoms with Gasteiger partial charge in [0.2, 0.25) is 5.91 Å². The molecule has 0 saturated heterocycles. The summed E-state index contributed by atoms with van der Waals surface area (Å²) in [6.45, 7) is 3.73. The molecule has 0 heterocycles. The van der Waals surface area contributed by atoms with Gasteiger partial charge >= 0.3 is 6.03 Å². The Hall–Kier alpha value is -0.750. The van der Waals surface area contributed by atoms with Crippen LogP contribution in [-0.4, -0.2) is 43.1 Å². The van der Waals surface area contributed by atoms with Crippen LogP contribution in [0.15, 0.2) is 0 Å². The minimum atomic E-state index is -0.480. The summed E-state index contributed by atoms with van der Waals surface area (Å²) < 4.78 is 0. The molecule has 0 aliphatic rings. The summed E-state index contributed by atoms with van der Waals surface area (Å²) in [5.74, 6) is 0.611. The topological polar surface area (TPSA) is 70.2 Å². The molecule has 5 nitrogen and oxygen atoms in total. The second kappa shape index (κ2) is 7.53. The summed E-state index contributed by atoms with van der Waals surface area (Å²) in [5.41, 5.74) is 0. The summed E-state index contributed by atoms with van der Waals surface area (Å²) in [7, 11) is 1.47. The van der Waals surface area contributed by atoms with Crippen molar-refractivity contribution < 1.29 is 9.59 Å². The highest BCUT2D eigenvalue weighted by atomic mass is 32.2. The maximum atomic E-state index is 11.4. The Balaban J connectivity index is 3.93. The first-order valence-electron chi connectivity index (χ1n) is 4.78. The predicted octanol–water partition coefficient (Wildman–Crippen LogP) is 0.172. The third-order valence-electron chi connectivity index (χ3n) is 1.81. The van der Waals surface area contributed by atoms with Crippen LogP contribution in [0.2, 0.25) is 0 Å². The number of amides is 3. The molecule has 3 amide bonds. The number of hydrogen-bond donors (Lipinski definition) is 3. The van der Waals surface area contributed by atoms with Crippen molar-refractivity contribution in [3.8, 4) is 0 Å². The fraction of sp³-hybridized carbons (Fsp3) is 0.778. The van der Waals surface area contributed by atoms with Crippen LogP contribution in [0.4, 0.5) is 4.79 Å². The molecule has 0 radical (unpaired) electrons. The third-order valence-corrected chi connectivity index (χ3v) is 2.64. The van der Waals surface area contributed by atoms with Gasteiger partial charge in [0.1, 0.15) is 0 Å². The molecular formula is C9H19N3O2S. The number of imide groups is 1. The number of nitrogens with one attached hydrogen (secondary N) is 3. The lowest BCUT2D eigenvalue weighted by atomic mass is 10.2. The molecule has 0 aliphatic heterocycles. The number of hydrogen-bond acceptors (Lipinski definition) is 4. The summed E-state index contributed by atoms with van der Waals surface area (Å²) >= 11 is 1.71. The Kier molecular flexibility index (Phi) is 7.15. The van der Waals surface area contributed by atoms with Gasteiger partial charge in [-0.1, -0.05) is 0 Å². The van der Waals surface area contributed by atoms with E-state index in [9.17, 15) is 9.59 Å². The van der Waals surface area contributed by atoms with Gasteiger partial charge in [-0.05, 0) is 20.1 Å². The van der Waals surface area contributed by atoms with Gasteiger partial charge in [0, 0.05) is 18.8 Å². The van der Waals surface area contributed by atoms with E-state index < -0.39 is 6.03 Å². The van der Waals surface area contributed by atoms with E-state index in [0.717, 1.165) is 5.75 Å². The number of urea groups is 1. The highest BCUT2D eigenvalue weighted by Crippen LogP contribution is 1.97. The Morgan fingerprint density at radius 2 is 1.93 bits per heavy atom. The Bertz CT molecular complexity index is 223. The lowest BCUT2D eigenvalue weighted by Crippen LogP contribution is -2.49. The van der Waals surface area contributed by atoms with Crippen LogP contribution in [-0.2, 0) is 4.79 Å². The summed E-state index contributed by atoms with van der Waals surface area (Å²) in [6, 6.07) is -0.610. The maximum absolute atomic E-state index is 11.4. The molecule has 3 N–H and O–H groups in total. The van der Waals surface area contributed by atoms with E-state index in [4.69, 9.17) is 0 Å². The number of thioether (sulfide) groups is 1. The van der Waals surface area contributed by atoms with Crippen LogP contribution in [0.5, 0.6) is 0 Å². The van der Waals surface area contributed by atoms with Gasteiger partial charge in [-0.15, -0.1) is 0 Å². The van der Waals surface area contributed by atoms with E-state index in [1.54, 1.807) is 18.7 Å². The Morgan fingerprint density at radius 3 is 2.40 bits per heavy atom. The normalized spacial score (nSPS) is 14.1. The van der Waals surface area contributed by atoms with Gasteiger partial charge in [-0.3, -0.25) is 10.1 Å². The van der Waals surface area contributed by atoms with Crippen LogP contribution in [0, 0.1) is 0 Å². The van der Waals surface area contributed by atoms with E-state index in [1.807, 2.05) is 13.2 Å². The van der Waals surface area contributed by atoms with Crippen molar-refractivity contribution in [3.05, 3.63) is 0 Å². The van der Waals surface area contributed by atoms with E-state index >= 15 is 0 Å². The average molecular weight is 233 g/mol. The largest absolute Gasteiger partial charge is 0.341 e. The van der Waals surface area contributed by atoms with E-state index in [2.05, 4.69) is 16.0 Å². The molecule has 15 heavy (non-hydrogen) atoms. The number of rotatable bonds is 5. The molecule has 0 saturated carbocycles. The average Bonchev–Trinajstić information content (AvgIpc) is 2.17. The minimum absolute atomic E-state index is 0.241. The molecule has 0 rings (SSSR count). The van der Waals surface area contributed by atoms with Crippen LogP contribution < -0.4 is 16.0 Å². The van der Waals surface area contributed by atoms with Gasteiger partial charge < -0.3 is 10.6 Å². The molecule has 0 spiro atoms. The lowest BCUT2D eigenvalue weighted by Gasteiger charge is -2.18. The minimum Gasteiger partial charge on any atom is -0.341 e. The van der Waals surface area contributed by atoms with Crippen molar-refractivity contribution in [2.24, 2.45) is 0 Å². The summed E-state index contributed by atoms with van der Waals surface area (Å²) in [4.78, 5) is 22.3.